The van der Waals surface area contributed by atoms with Gasteiger partial charge in [0.15, 0.2) is 13.3 Å². The molecular weight excluding hydrogens is 196 g/mol. The lowest BCUT2D eigenvalue weighted by Gasteiger charge is -2.46. The average molecular weight is 218 g/mol. The van der Waals surface area contributed by atoms with E-state index in [4.69, 9.17) is 12.2 Å². The van der Waals surface area contributed by atoms with E-state index in [9.17, 15) is 0 Å². The number of nitrogens with one attached hydrogen (secondary N) is 1. The van der Waals surface area contributed by atoms with Crippen molar-refractivity contribution in [1.82, 2.24) is 9.88 Å². The standard InChI is InChI=1S/C9H22N2SSi/c1-9(2,3)11(8(12)10-4)13(5,6)7/h1-7H3,(H,10,12). The van der Waals surface area contributed by atoms with E-state index in [0.717, 1.165) is 5.11 Å². The second-order valence-corrected chi connectivity index (χ2v) is 10.4. The van der Waals surface area contributed by atoms with Crippen LogP contribution in [0.15, 0.2) is 0 Å². The van der Waals surface area contributed by atoms with E-state index in [-0.39, 0.29) is 5.54 Å². The molecule has 0 spiro atoms. The van der Waals surface area contributed by atoms with Crippen LogP contribution < -0.4 is 5.32 Å². The maximum absolute atomic E-state index is 5.32. The van der Waals surface area contributed by atoms with Crippen molar-refractivity contribution in [3.05, 3.63) is 0 Å². The predicted octanol–water partition coefficient (Wildman–Crippen LogP) is 2.43. The number of hydrogen-bond acceptors (Lipinski definition) is 1. The van der Waals surface area contributed by atoms with Crippen molar-refractivity contribution >= 4 is 25.6 Å². The van der Waals surface area contributed by atoms with Crippen LogP contribution in [0.3, 0.4) is 0 Å². The maximum atomic E-state index is 5.32. The lowest BCUT2D eigenvalue weighted by molar-refractivity contribution is 0.343. The van der Waals surface area contributed by atoms with Crippen molar-refractivity contribution in [2.24, 2.45) is 0 Å². The molecule has 0 saturated carbocycles. The molecule has 0 radical (unpaired) electrons. The minimum atomic E-state index is -1.38. The van der Waals surface area contributed by atoms with Crippen LogP contribution in [0.5, 0.6) is 0 Å². The van der Waals surface area contributed by atoms with Crippen molar-refractivity contribution in [3.8, 4) is 0 Å². The number of rotatable bonds is 1. The van der Waals surface area contributed by atoms with Crippen LogP contribution >= 0.6 is 12.2 Å². The molecule has 0 amide bonds. The van der Waals surface area contributed by atoms with Gasteiger partial charge in [0.05, 0.1) is 0 Å². The van der Waals surface area contributed by atoms with Gasteiger partial charge >= 0.3 is 0 Å². The third-order valence-electron chi connectivity index (χ3n) is 1.76. The van der Waals surface area contributed by atoms with Crippen LogP contribution in [0.25, 0.3) is 0 Å². The Bertz CT molecular complexity index is 177. The first-order valence-electron chi connectivity index (χ1n) is 4.62. The van der Waals surface area contributed by atoms with E-state index in [1.165, 1.54) is 0 Å². The Balaban J connectivity index is 4.89. The smallest absolute Gasteiger partial charge is 0.160 e. The zero-order valence-corrected chi connectivity index (χ0v) is 11.7. The predicted molar refractivity (Wildman–Crippen MR) is 66.6 cm³/mol. The largest absolute Gasteiger partial charge is 0.372 e. The first-order chi connectivity index (χ1) is 5.60. The summed E-state index contributed by atoms with van der Waals surface area (Å²) in [7, 11) is 0.514. The molecule has 0 fully saturated rings. The molecule has 0 heterocycles. The van der Waals surface area contributed by atoms with Crippen molar-refractivity contribution in [1.29, 1.82) is 0 Å². The van der Waals surface area contributed by atoms with Crippen LogP contribution in [0, 0.1) is 0 Å². The van der Waals surface area contributed by atoms with Gasteiger partial charge in [-0.15, -0.1) is 0 Å². The van der Waals surface area contributed by atoms with Gasteiger partial charge in [0, 0.05) is 12.6 Å². The lowest BCUT2D eigenvalue weighted by atomic mass is 10.1. The Morgan fingerprint density at radius 1 is 1.23 bits per heavy atom. The summed E-state index contributed by atoms with van der Waals surface area (Å²) >= 11 is 5.32. The summed E-state index contributed by atoms with van der Waals surface area (Å²) in [6.07, 6.45) is 0. The molecule has 13 heavy (non-hydrogen) atoms. The molecule has 0 rings (SSSR count). The molecule has 0 bridgehead atoms. The van der Waals surface area contributed by atoms with Gasteiger partial charge in [0.25, 0.3) is 0 Å². The van der Waals surface area contributed by atoms with Crippen LogP contribution in [0.4, 0.5) is 0 Å². The summed E-state index contributed by atoms with van der Waals surface area (Å²) in [6.45, 7) is 13.5. The summed E-state index contributed by atoms with van der Waals surface area (Å²) in [5.41, 5.74) is 0.116. The molecule has 0 unspecified atom stereocenters. The van der Waals surface area contributed by atoms with E-state index in [1.54, 1.807) is 0 Å². The van der Waals surface area contributed by atoms with Gasteiger partial charge in [-0.2, -0.15) is 0 Å². The third kappa shape index (κ3) is 3.64. The van der Waals surface area contributed by atoms with Gasteiger partial charge in [-0.3, -0.25) is 0 Å². The third-order valence-corrected chi connectivity index (χ3v) is 4.54. The molecule has 0 aliphatic heterocycles. The van der Waals surface area contributed by atoms with Crippen LogP contribution in [0.1, 0.15) is 20.8 Å². The molecule has 0 aliphatic carbocycles. The summed E-state index contributed by atoms with van der Waals surface area (Å²) in [5, 5.41) is 3.94. The van der Waals surface area contributed by atoms with Gasteiger partial charge in [-0.1, -0.05) is 19.6 Å². The Labute approximate surface area is 88.8 Å². The molecule has 4 heteroatoms. The topological polar surface area (TPSA) is 15.3 Å². The van der Waals surface area contributed by atoms with E-state index in [1.807, 2.05) is 7.05 Å². The quantitative estimate of drug-likeness (QED) is 0.537. The minimum Gasteiger partial charge on any atom is -0.372 e. The van der Waals surface area contributed by atoms with Crippen molar-refractivity contribution < 1.29 is 0 Å². The summed E-state index contributed by atoms with van der Waals surface area (Å²) in [4.78, 5) is 0. The molecular formula is C9H22N2SSi. The van der Waals surface area contributed by atoms with Crippen LogP contribution in [-0.4, -0.2) is 30.5 Å². The van der Waals surface area contributed by atoms with E-state index in [0.29, 0.717) is 0 Å². The Hall–Kier alpha value is -0.0931. The summed E-state index contributed by atoms with van der Waals surface area (Å²) in [6, 6.07) is 0. The number of hydrogen-bond donors (Lipinski definition) is 1. The highest BCUT2D eigenvalue weighted by Gasteiger charge is 2.34. The van der Waals surface area contributed by atoms with Crippen molar-refractivity contribution in [3.63, 3.8) is 0 Å². The summed E-state index contributed by atoms with van der Waals surface area (Å²) < 4.78 is 2.36. The maximum Gasteiger partial charge on any atom is 0.160 e. The van der Waals surface area contributed by atoms with Gasteiger partial charge in [0.1, 0.15) is 0 Å². The second kappa shape index (κ2) is 3.96. The van der Waals surface area contributed by atoms with Gasteiger partial charge < -0.3 is 9.88 Å². The normalized spacial score (nSPS) is 12.5. The van der Waals surface area contributed by atoms with Crippen molar-refractivity contribution in [2.75, 3.05) is 7.05 Å². The fraction of sp³-hybridized carbons (Fsp3) is 0.889. The minimum absolute atomic E-state index is 0.116. The molecule has 78 valence electrons. The van der Waals surface area contributed by atoms with Gasteiger partial charge in [-0.05, 0) is 33.0 Å². The number of nitrogens with zero attached hydrogens (tertiary/aromatic N) is 1. The highest BCUT2D eigenvalue weighted by atomic mass is 32.1. The second-order valence-electron chi connectivity index (χ2n) is 5.23. The van der Waals surface area contributed by atoms with E-state index in [2.05, 4.69) is 50.3 Å². The van der Waals surface area contributed by atoms with Gasteiger partial charge in [-0.25, -0.2) is 0 Å². The Morgan fingerprint density at radius 2 is 1.62 bits per heavy atom. The van der Waals surface area contributed by atoms with Crippen LogP contribution in [0.2, 0.25) is 19.6 Å². The highest BCUT2D eigenvalue weighted by molar-refractivity contribution is 7.80. The van der Waals surface area contributed by atoms with E-state index < -0.39 is 8.24 Å². The molecule has 0 aliphatic rings. The zero-order chi connectivity index (χ0) is 10.9. The van der Waals surface area contributed by atoms with Crippen LogP contribution in [-0.2, 0) is 0 Å². The average Bonchev–Trinajstić information content (AvgIpc) is 1.80. The zero-order valence-electron chi connectivity index (χ0n) is 9.86. The molecule has 2 nitrogen and oxygen atoms in total. The molecule has 0 aromatic carbocycles. The molecule has 0 saturated heterocycles. The molecule has 1 N–H and O–H groups in total. The summed E-state index contributed by atoms with van der Waals surface area (Å²) in [5.74, 6) is 0. The fourth-order valence-corrected chi connectivity index (χ4v) is 5.56. The number of thiocarbonyl (C=S) groups is 1. The molecule has 0 aromatic heterocycles. The lowest BCUT2D eigenvalue weighted by Crippen LogP contribution is -2.61. The Morgan fingerprint density at radius 3 is 1.69 bits per heavy atom. The first kappa shape index (κ1) is 12.9. The van der Waals surface area contributed by atoms with Crippen molar-refractivity contribution in [2.45, 2.75) is 46.0 Å². The Kier molecular flexibility index (Phi) is 3.93. The SMILES string of the molecule is CNC(=S)N(C(C)(C)C)[Si](C)(C)C. The fourth-order valence-electron chi connectivity index (χ4n) is 1.73. The van der Waals surface area contributed by atoms with Gasteiger partial charge in [0.2, 0.25) is 0 Å². The first-order valence-corrected chi connectivity index (χ1v) is 8.48. The molecule has 0 aromatic rings. The van der Waals surface area contributed by atoms with E-state index >= 15 is 0 Å². The highest BCUT2D eigenvalue weighted by Crippen LogP contribution is 2.22. The molecule has 0 atom stereocenters. The monoisotopic (exact) mass is 218 g/mol.